The van der Waals surface area contributed by atoms with Gasteiger partial charge in [-0.2, -0.15) is 0 Å². The summed E-state index contributed by atoms with van der Waals surface area (Å²) in [6.45, 7) is 10.6. The minimum atomic E-state index is -3.31. The van der Waals surface area contributed by atoms with E-state index in [4.69, 9.17) is 0 Å². The third-order valence-electron chi connectivity index (χ3n) is 5.72. The number of rotatable bonds is 7. The molecule has 2 aromatic rings. The Balaban J connectivity index is 1.78. The molecule has 150 valence electrons. The number of anilines is 1. The van der Waals surface area contributed by atoms with Gasteiger partial charge in [0.15, 0.2) is 0 Å². The van der Waals surface area contributed by atoms with E-state index in [1.54, 1.807) is 0 Å². The molecule has 0 amide bonds. The first kappa shape index (κ1) is 20.2. The summed E-state index contributed by atoms with van der Waals surface area (Å²) in [5.41, 5.74) is 3.04. The molecule has 1 fully saturated rings. The van der Waals surface area contributed by atoms with E-state index in [1.165, 1.54) is 12.0 Å². The van der Waals surface area contributed by atoms with E-state index in [0.29, 0.717) is 17.6 Å². The monoisotopic (exact) mass is 391 g/mol. The molecule has 2 heterocycles. The maximum Gasteiger partial charge on any atom is 0.232 e. The van der Waals surface area contributed by atoms with Gasteiger partial charge < -0.3 is 9.88 Å². The standard InChI is InChI=1S/C21H33N3O2S/c1-5-16(4)24-10-8-17(9-11-24)20-13-22-21-7-6-18(12-19(20)21)23-27(25,26)14-15(2)3/h6-7,12-13,15-17,22-23H,5,8-11,14H2,1-4H3. The molecule has 3 rings (SSSR count). The van der Waals surface area contributed by atoms with Crippen LogP contribution in [0.5, 0.6) is 0 Å². The summed E-state index contributed by atoms with van der Waals surface area (Å²) >= 11 is 0. The van der Waals surface area contributed by atoms with Crippen LogP contribution in [0.1, 0.15) is 58.4 Å². The van der Waals surface area contributed by atoms with E-state index < -0.39 is 10.0 Å². The van der Waals surface area contributed by atoms with E-state index in [-0.39, 0.29) is 11.7 Å². The molecule has 27 heavy (non-hydrogen) atoms. The first-order valence-corrected chi connectivity index (χ1v) is 11.8. The number of fused-ring (bicyclic) bond motifs is 1. The topological polar surface area (TPSA) is 65.2 Å². The van der Waals surface area contributed by atoms with Crippen molar-refractivity contribution in [1.29, 1.82) is 0 Å². The molecule has 1 aromatic carbocycles. The van der Waals surface area contributed by atoms with Gasteiger partial charge in [-0.25, -0.2) is 8.42 Å². The molecule has 1 unspecified atom stereocenters. The van der Waals surface area contributed by atoms with Crippen molar-refractivity contribution >= 4 is 26.6 Å². The number of benzene rings is 1. The van der Waals surface area contributed by atoms with E-state index in [9.17, 15) is 8.42 Å². The van der Waals surface area contributed by atoms with Crippen molar-refractivity contribution in [3.8, 4) is 0 Å². The summed E-state index contributed by atoms with van der Waals surface area (Å²) in [4.78, 5) is 5.94. The second-order valence-corrected chi connectivity index (χ2v) is 10.1. The summed E-state index contributed by atoms with van der Waals surface area (Å²) < 4.78 is 27.3. The van der Waals surface area contributed by atoms with Crippen molar-refractivity contribution in [3.05, 3.63) is 30.0 Å². The Labute approximate surface area is 163 Å². The molecule has 1 aliphatic rings. The smallest absolute Gasteiger partial charge is 0.232 e. The van der Waals surface area contributed by atoms with Crippen molar-refractivity contribution in [2.45, 2.75) is 58.9 Å². The fraction of sp³-hybridized carbons (Fsp3) is 0.619. The quantitative estimate of drug-likeness (QED) is 0.728. The number of aromatic nitrogens is 1. The van der Waals surface area contributed by atoms with Crippen LogP contribution in [0.2, 0.25) is 0 Å². The lowest BCUT2D eigenvalue weighted by molar-refractivity contribution is 0.158. The molecule has 0 spiro atoms. The van der Waals surface area contributed by atoms with Gasteiger partial charge in [-0.15, -0.1) is 0 Å². The number of piperidine rings is 1. The Bertz CT molecular complexity index is 865. The molecule has 0 bridgehead atoms. The zero-order chi connectivity index (χ0) is 19.6. The Kier molecular flexibility index (Phi) is 6.16. The molecular formula is C21H33N3O2S. The average molecular weight is 392 g/mol. The second-order valence-electron chi connectivity index (χ2n) is 8.35. The highest BCUT2D eigenvalue weighted by Crippen LogP contribution is 2.35. The molecule has 6 heteroatoms. The van der Waals surface area contributed by atoms with Crippen LogP contribution in [-0.2, 0) is 10.0 Å². The number of H-pyrrole nitrogens is 1. The first-order chi connectivity index (χ1) is 12.8. The predicted molar refractivity (Wildman–Crippen MR) is 114 cm³/mol. The number of sulfonamides is 1. The third-order valence-corrected chi connectivity index (χ3v) is 7.38. The Morgan fingerprint density at radius 1 is 1.22 bits per heavy atom. The molecule has 1 atom stereocenters. The Morgan fingerprint density at radius 2 is 1.93 bits per heavy atom. The van der Waals surface area contributed by atoms with Crippen molar-refractivity contribution in [3.63, 3.8) is 0 Å². The summed E-state index contributed by atoms with van der Waals surface area (Å²) in [6, 6.07) is 6.45. The minimum Gasteiger partial charge on any atom is -0.361 e. The molecular weight excluding hydrogens is 358 g/mol. The fourth-order valence-corrected chi connectivity index (χ4v) is 5.56. The van der Waals surface area contributed by atoms with Gasteiger partial charge in [-0.3, -0.25) is 4.72 Å². The van der Waals surface area contributed by atoms with Crippen LogP contribution < -0.4 is 4.72 Å². The lowest BCUT2D eigenvalue weighted by Gasteiger charge is -2.35. The summed E-state index contributed by atoms with van der Waals surface area (Å²) in [5, 5.41) is 1.14. The summed E-state index contributed by atoms with van der Waals surface area (Å²) in [7, 11) is -3.31. The van der Waals surface area contributed by atoms with Crippen molar-refractivity contribution < 1.29 is 8.42 Å². The molecule has 1 aliphatic heterocycles. The Morgan fingerprint density at radius 3 is 2.56 bits per heavy atom. The van der Waals surface area contributed by atoms with Crippen LogP contribution in [0.15, 0.2) is 24.4 Å². The van der Waals surface area contributed by atoms with E-state index in [0.717, 1.165) is 36.8 Å². The maximum absolute atomic E-state index is 12.3. The second kappa shape index (κ2) is 8.23. The van der Waals surface area contributed by atoms with Crippen LogP contribution >= 0.6 is 0 Å². The van der Waals surface area contributed by atoms with Gasteiger partial charge in [-0.05, 0) is 74.9 Å². The molecule has 5 nitrogen and oxygen atoms in total. The van der Waals surface area contributed by atoms with Crippen LogP contribution in [0.3, 0.4) is 0 Å². The third kappa shape index (κ3) is 4.85. The van der Waals surface area contributed by atoms with Crippen LogP contribution in [0, 0.1) is 5.92 Å². The van der Waals surface area contributed by atoms with Crippen LogP contribution in [0.25, 0.3) is 10.9 Å². The largest absolute Gasteiger partial charge is 0.361 e. The maximum atomic E-state index is 12.3. The van der Waals surface area contributed by atoms with Crippen LogP contribution in [0.4, 0.5) is 5.69 Å². The number of aromatic amines is 1. The Hall–Kier alpha value is -1.53. The van der Waals surface area contributed by atoms with Gasteiger partial charge in [0.05, 0.1) is 5.75 Å². The predicted octanol–water partition coefficient (Wildman–Crippen LogP) is 4.54. The number of likely N-dealkylation sites (tertiary alicyclic amines) is 1. The fourth-order valence-electron chi connectivity index (χ4n) is 4.11. The SMILES string of the molecule is CCC(C)N1CCC(c2c[nH]c3ccc(NS(=O)(=O)CC(C)C)cc23)CC1. The average Bonchev–Trinajstić information content (AvgIpc) is 3.02. The summed E-state index contributed by atoms with van der Waals surface area (Å²) in [5.74, 6) is 0.769. The lowest BCUT2D eigenvalue weighted by Crippen LogP contribution is -2.39. The van der Waals surface area contributed by atoms with Crippen LogP contribution in [-0.4, -0.2) is 43.2 Å². The molecule has 0 saturated carbocycles. The normalized spacial score (nSPS) is 18.3. The van der Waals surface area contributed by atoms with Gasteiger partial charge in [-0.1, -0.05) is 20.8 Å². The number of nitrogens with one attached hydrogen (secondary N) is 2. The van der Waals surface area contributed by atoms with Crippen molar-refractivity contribution in [1.82, 2.24) is 9.88 Å². The zero-order valence-electron chi connectivity index (χ0n) is 17.0. The summed E-state index contributed by atoms with van der Waals surface area (Å²) in [6.07, 6.45) is 5.61. The van der Waals surface area contributed by atoms with E-state index in [2.05, 4.69) is 34.7 Å². The van der Waals surface area contributed by atoms with Gasteiger partial charge in [0.2, 0.25) is 10.0 Å². The van der Waals surface area contributed by atoms with Crippen molar-refractivity contribution in [2.75, 3.05) is 23.6 Å². The van der Waals surface area contributed by atoms with Gasteiger partial charge in [0.1, 0.15) is 0 Å². The number of hydrogen-bond donors (Lipinski definition) is 2. The molecule has 0 aliphatic carbocycles. The van der Waals surface area contributed by atoms with E-state index >= 15 is 0 Å². The molecule has 2 N–H and O–H groups in total. The van der Waals surface area contributed by atoms with Gasteiger partial charge >= 0.3 is 0 Å². The van der Waals surface area contributed by atoms with Gasteiger partial charge in [0.25, 0.3) is 0 Å². The van der Waals surface area contributed by atoms with Gasteiger partial charge in [0, 0.05) is 28.8 Å². The highest BCUT2D eigenvalue weighted by atomic mass is 32.2. The van der Waals surface area contributed by atoms with Crippen molar-refractivity contribution in [2.24, 2.45) is 5.92 Å². The zero-order valence-corrected chi connectivity index (χ0v) is 17.8. The number of hydrogen-bond acceptors (Lipinski definition) is 3. The lowest BCUT2D eigenvalue weighted by atomic mass is 9.88. The number of nitrogens with zero attached hydrogens (tertiary/aromatic N) is 1. The molecule has 1 saturated heterocycles. The van der Waals surface area contributed by atoms with E-state index in [1.807, 2.05) is 32.0 Å². The highest BCUT2D eigenvalue weighted by Gasteiger charge is 2.25. The highest BCUT2D eigenvalue weighted by molar-refractivity contribution is 7.92. The first-order valence-electron chi connectivity index (χ1n) is 10.1. The minimum absolute atomic E-state index is 0.102. The molecule has 0 radical (unpaired) electrons. The molecule has 1 aromatic heterocycles.